The van der Waals surface area contributed by atoms with Crippen LogP contribution >= 0.6 is 0 Å². The van der Waals surface area contributed by atoms with E-state index in [0.717, 1.165) is 0 Å². The summed E-state index contributed by atoms with van der Waals surface area (Å²) in [6.07, 6.45) is 3.68. The number of H-pyrrole nitrogens is 2. The van der Waals surface area contributed by atoms with Crippen LogP contribution in [0, 0.1) is 0 Å². The second-order valence-corrected chi connectivity index (χ2v) is 2.46. The van der Waals surface area contributed by atoms with Crippen LogP contribution in [0.2, 0.25) is 0 Å². The second-order valence-electron chi connectivity index (χ2n) is 2.46. The van der Waals surface area contributed by atoms with E-state index in [1.807, 2.05) is 0 Å². The number of hydrogen-bond acceptors (Lipinski definition) is 4. The maximum Gasteiger partial charge on any atom is 0.327 e. The monoisotopic (exact) mass is 178 g/mol. The van der Waals surface area contributed by atoms with Crippen LogP contribution in [0.1, 0.15) is 6.42 Å². The highest BCUT2D eigenvalue weighted by Gasteiger charge is 2.07. The summed E-state index contributed by atoms with van der Waals surface area (Å²) in [6.45, 7) is 0. The topological polar surface area (TPSA) is 90.4 Å². The van der Waals surface area contributed by atoms with Gasteiger partial charge in [0.25, 0.3) is 5.56 Å². The third-order valence-electron chi connectivity index (χ3n) is 1.55. The molecule has 0 atom stereocenters. The molecule has 0 amide bonds. The number of aromatic nitrogens is 2. The first kappa shape index (κ1) is 7.66. The molecule has 0 aromatic carbocycles. The molecule has 6 nitrogen and oxygen atoms in total. The quantitative estimate of drug-likeness (QED) is 0.579. The summed E-state index contributed by atoms with van der Waals surface area (Å²) < 4.78 is 0. The fraction of sp³-hybridized carbons (Fsp3) is 0.143. The number of aliphatic imine (C=N–C) groups is 2. The van der Waals surface area contributed by atoms with Crippen molar-refractivity contribution < 1.29 is 0 Å². The molecular formula is C7H6N4O2. The lowest BCUT2D eigenvalue weighted by Gasteiger charge is -1.94. The van der Waals surface area contributed by atoms with Gasteiger partial charge in [-0.05, 0) is 0 Å². The van der Waals surface area contributed by atoms with Gasteiger partial charge in [-0.15, -0.1) is 0 Å². The van der Waals surface area contributed by atoms with Crippen molar-refractivity contribution in [1.82, 2.24) is 9.97 Å². The molecule has 0 bridgehead atoms. The molecule has 66 valence electrons. The van der Waals surface area contributed by atoms with E-state index in [1.54, 1.807) is 12.4 Å². The van der Waals surface area contributed by atoms with E-state index in [0.29, 0.717) is 6.42 Å². The van der Waals surface area contributed by atoms with Gasteiger partial charge >= 0.3 is 5.69 Å². The van der Waals surface area contributed by atoms with Crippen LogP contribution in [0.3, 0.4) is 0 Å². The predicted molar refractivity (Wildman–Crippen MR) is 48.6 cm³/mol. The van der Waals surface area contributed by atoms with Crippen molar-refractivity contribution in [3.8, 4) is 0 Å². The molecule has 0 fully saturated rings. The number of fused-ring (bicyclic) bond motifs is 1. The van der Waals surface area contributed by atoms with Gasteiger partial charge < -0.3 is 0 Å². The molecule has 0 aliphatic carbocycles. The Labute approximate surface area is 72.1 Å². The molecule has 0 saturated heterocycles. The van der Waals surface area contributed by atoms with Gasteiger partial charge in [-0.2, -0.15) is 0 Å². The van der Waals surface area contributed by atoms with E-state index >= 15 is 0 Å². The van der Waals surface area contributed by atoms with Gasteiger partial charge in [0.05, 0.1) is 0 Å². The fourth-order valence-electron chi connectivity index (χ4n) is 1.02. The van der Waals surface area contributed by atoms with Crippen LogP contribution in [0.4, 0.5) is 11.5 Å². The average Bonchev–Trinajstić information content (AvgIpc) is 2.28. The highest BCUT2D eigenvalue weighted by molar-refractivity contribution is 5.86. The largest absolute Gasteiger partial charge is 0.327 e. The minimum absolute atomic E-state index is 0.147. The summed E-state index contributed by atoms with van der Waals surface area (Å²) in [6, 6.07) is 0. The van der Waals surface area contributed by atoms with Crippen LogP contribution < -0.4 is 11.2 Å². The molecule has 1 aromatic heterocycles. The Balaban J connectivity index is 2.82. The number of rotatable bonds is 0. The van der Waals surface area contributed by atoms with Crippen LogP contribution in [0.5, 0.6) is 0 Å². The van der Waals surface area contributed by atoms with E-state index in [-0.39, 0.29) is 11.5 Å². The molecule has 1 aliphatic rings. The molecular weight excluding hydrogens is 172 g/mol. The van der Waals surface area contributed by atoms with E-state index in [2.05, 4.69) is 20.0 Å². The van der Waals surface area contributed by atoms with Crippen molar-refractivity contribution in [3.63, 3.8) is 0 Å². The standard InChI is InChI=1S/C7H6N4O2/c12-6-4-5(10-7(13)11-6)9-3-1-2-8-4/h2-3H,1H2,(H2,10,11,12,13). The number of nitrogens with zero attached hydrogens (tertiary/aromatic N) is 2. The Kier molecular flexibility index (Phi) is 1.66. The van der Waals surface area contributed by atoms with Crippen molar-refractivity contribution in [2.75, 3.05) is 0 Å². The summed E-state index contributed by atoms with van der Waals surface area (Å²) in [5.74, 6) is 0.211. The number of nitrogens with one attached hydrogen (secondary N) is 2. The Bertz CT molecular complexity index is 494. The van der Waals surface area contributed by atoms with Gasteiger partial charge in [-0.3, -0.25) is 19.8 Å². The molecule has 1 aromatic rings. The normalized spacial score (nSPS) is 13.8. The first-order valence-electron chi connectivity index (χ1n) is 3.69. The summed E-state index contributed by atoms with van der Waals surface area (Å²) in [7, 11) is 0. The highest BCUT2D eigenvalue weighted by atomic mass is 16.2. The average molecular weight is 178 g/mol. The molecule has 0 saturated carbocycles. The van der Waals surface area contributed by atoms with Crippen molar-refractivity contribution in [2.24, 2.45) is 9.98 Å². The molecule has 0 radical (unpaired) electrons. The minimum atomic E-state index is -0.571. The Morgan fingerprint density at radius 2 is 1.92 bits per heavy atom. The molecule has 1 aliphatic heterocycles. The maximum absolute atomic E-state index is 11.2. The summed E-state index contributed by atoms with van der Waals surface area (Å²) in [5.41, 5.74) is -0.944. The molecule has 2 heterocycles. The van der Waals surface area contributed by atoms with Crippen LogP contribution in [0.15, 0.2) is 19.6 Å². The van der Waals surface area contributed by atoms with Crippen molar-refractivity contribution in [3.05, 3.63) is 20.8 Å². The zero-order valence-corrected chi connectivity index (χ0v) is 6.57. The van der Waals surface area contributed by atoms with Crippen LogP contribution in [-0.4, -0.2) is 22.4 Å². The molecule has 0 spiro atoms. The maximum atomic E-state index is 11.2. The minimum Gasteiger partial charge on any atom is -0.290 e. The van der Waals surface area contributed by atoms with Gasteiger partial charge in [0.15, 0.2) is 11.5 Å². The molecule has 2 N–H and O–H groups in total. The lowest BCUT2D eigenvalue weighted by molar-refractivity contribution is 1.03. The van der Waals surface area contributed by atoms with E-state index < -0.39 is 11.2 Å². The fourth-order valence-corrected chi connectivity index (χ4v) is 1.02. The number of hydrogen-bond donors (Lipinski definition) is 2. The first-order chi connectivity index (χ1) is 6.27. The van der Waals surface area contributed by atoms with Gasteiger partial charge in [-0.25, -0.2) is 9.79 Å². The Morgan fingerprint density at radius 1 is 1.15 bits per heavy atom. The predicted octanol–water partition coefficient (Wildman–Crippen LogP) is -0.129. The lowest BCUT2D eigenvalue weighted by Crippen LogP contribution is -2.21. The van der Waals surface area contributed by atoms with Crippen molar-refractivity contribution in [1.29, 1.82) is 0 Å². The third kappa shape index (κ3) is 1.33. The molecule has 2 rings (SSSR count). The van der Waals surface area contributed by atoms with Gasteiger partial charge in [-0.1, -0.05) is 0 Å². The Morgan fingerprint density at radius 3 is 2.77 bits per heavy atom. The van der Waals surface area contributed by atoms with Crippen LogP contribution in [0.25, 0.3) is 0 Å². The van der Waals surface area contributed by atoms with Crippen molar-refractivity contribution >= 4 is 23.9 Å². The van der Waals surface area contributed by atoms with Gasteiger partial charge in [0, 0.05) is 18.9 Å². The van der Waals surface area contributed by atoms with Crippen molar-refractivity contribution in [2.45, 2.75) is 6.42 Å². The molecule has 0 unspecified atom stereocenters. The SMILES string of the molecule is O=c1[nH]c2c(c(=O)[nH]1)N=CCC=N2. The van der Waals surface area contributed by atoms with Gasteiger partial charge in [0.2, 0.25) is 0 Å². The van der Waals surface area contributed by atoms with E-state index in [9.17, 15) is 9.59 Å². The van der Waals surface area contributed by atoms with Crippen LogP contribution in [-0.2, 0) is 0 Å². The smallest absolute Gasteiger partial charge is 0.290 e. The third-order valence-corrected chi connectivity index (χ3v) is 1.55. The van der Waals surface area contributed by atoms with Gasteiger partial charge in [0.1, 0.15) is 0 Å². The molecule has 13 heavy (non-hydrogen) atoms. The second kappa shape index (κ2) is 2.81. The van der Waals surface area contributed by atoms with E-state index in [1.165, 1.54) is 0 Å². The number of aromatic amines is 2. The lowest BCUT2D eigenvalue weighted by atomic mass is 10.5. The molecule has 6 heteroatoms. The van der Waals surface area contributed by atoms with E-state index in [4.69, 9.17) is 0 Å². The summed E-state index contributed by atoms with van der Waals surface area (Å²) >= 11 is 0. The zero-order chi connectivity index (χ0) is 9.26. The zero-order valence-electron chi connectivity index (χ0n) is 6.57. The first-order valence-corrected chi connectivity index (χ1v) is 3.69. The Hall–Kier alpha value is -1.98. The summed E-state index contributed by atoms with van der Waals surface area (Å²) in [4.78, 5) is 34.2. The summed E-state index contributed by atoms with van der Waals surface area (Å²) in [5, 5.41) is 0. The highest BCUT2D eigenvalue weighted by Crippen LogP contribution is 2.18.